The van der Waals surface area contributed by atoms with Crippen molar-refractivity contribution in [2.45, 2.75) is 13.3 Å². The van der Waals surface area contributed by atoms with Crippen LogP contribution in [0.3, 0.4) is 0 Å². The van der Waals surface area contributed by atoms with Gasteiger partial charge in [0.2, 0.25) is 0 Å². The Bertz CT molecular complexity index is 305. The van der Waals surface area contributed by atoms with Crippen LogP contribution in [-0.2, 0) is 6.42 Å². The van der Waals surface area contributed by atoms with Crippen molar-refractivity contribution in [3.05, 3.63) is 40.9 Å². The van der Waals surface area contributed by atoms with E-state index in [1.807, 2.05) is 6.92 Å². The van der Waals surface area contributed by atoms with Gasteiger partial charge >= 0.3 is 0 Å². The molecule has 0 saturated heterocycles. The monoisotopic (exact) mass is 182 g/mol. The summed E-state index contributed by atoms with van der Waals surface area (Å²) in [5.74, 6) is 0.319. The number of halogens is 1. The van der Waals surface area contributed by atoms with Crippen molar-refractivity contribution in [2.75, 3.05) is 0 Å². The van der Waals surface area contributed by atoms with Crippen LogP contribution in [0, 0.1) is 6.92 Å². The van der Waals surface area contributed by atoms with Gasteiger partial charge < -0.3 is 5.11 Å². The van der Waals surface area contributed by atoms with E-state index in [0.29, 0.717) is 17.2 Å². The smallest absolute Gasteiger partial charge is 0.122 e. The van der Waals surface area contributed by atoms with Gasteiger partial charge in [-0.2, -0.15) is 0 Å². The molecule has 0 radical (unpaired) electrons. The van der Waals surface area contributed by atoms with Crippen LogP contribution < -0.4 is 0 Å². The van der Waals surface area contributed by atoms with Crippen LogP contribution in [0.25, 0.3) is 0 Å². The normalized spacial score (nSPS) is 9.83. The first kappa shape index (κ1) is 9.14. The number of aromatic hydroxyl groups is 1. The maximum atomic E-state index is 9.55. The number of phenols is 1. The molecular weight excluding hydrogens is 172 g/mol. The molecule has 0 saturated carbocycles. The average Bonchev–Trinajstić information content (AvgIpc) is 2.00. The first-order valence-corrected chi connectivity index (χ1v) is 4.12. The summed E-state index contributed by atoms with van der Waals surface area (Å²) in [7, 11) is 0. The Kier molecular flexibility index (Phi) is 2.77. The summed E-state index contributed by atoms with van der Waals surface area (Å²) in [5.41, 5.74) is 1.63. The number of benzene rings is 1. The molecule has 0 aliphatic carbocycles. The predicted octanol–water partition coefficient (Wildman–Crippen LogP) is 3.08. The van der Waals surface area contributed by atoms with E-state index in [-0.39, 0.29) is 0 Å². The molecule has 0 fully saturated rings. The summed E-state index contributed by atoms with van der Waals surface area (Å²) in [4.78, 5) is 0. The van der Waals surface area contributed by atoms with E-state index in [1.54, 1.807) is 18.2 Å². The lowest BCUT2D eigenvalue weighted by atomic mass is 10.1. The molecule has 0 aliphatic rings. The van der Waals surface area contributed by atoms with E-state index in [1.165, 1.54) is 0 Å². The predicted molar refractivity (Wildman–Crippen MR) is 51.8 cm³/mol. The number of hydrogen-bond acceptors (Lipinski definition) is 1. The summed E-state index contributed by atoms with van der Waals surface area (Å²) in [5, 5.41) is 10.2. The zero-order chi connectivity index (χ0) is 9.14. The fourth-order valence-corrected chi connectivity index (χ4v) is 1.41. The van der Waals surface area contributed by atoms with Gasteiger partial charge in [0, 0.05) is 5.02 Å². The Morgan fingerprint density at radius 3 is 2.83 bits per heavy atom. The molecule has 1 aromatic rings. The van der Waals surface area contributed by atoms with Crippen molar-refractivity contribution >= 4 is 11.6 Å². The Morgan fingerprint density at radius 2 is 2.25 bits per heavy atom. The van der Waals surface area contributed by atoms with E-state index in [9.17, 15) is 5.11 Å². The molecule has 0 aromatic heterocycles. The third kappa shape index (κ3) is 1.80. The highest BCUT2D eigenvalue weighted by molar-refractivity contribution is 6.30. The molecule has 0 bridgehead atoms. The maximum absolute atomic E-state index is 9.55. The standard InChI is InChI=1S/C10H11ClO/c1-3-4-8-6-9(11)5-7(2)10(8)12/h3,5-6,12H,1,4H2,2H3. The molecule has 0 aliphatic heterocycles. The Hall–Kier alpha value is -0.950. The van der Waals surface area contributed by atoms with E-state index in [2.05, 4.69) is 6.58 Å². The molecule has 0 spiro atoms. The van der Waals surface area contributed by atoms with Gasteiger partial charge in [-0.3, -0.25) is 0 Å². The Labute approximate surface area is 77.3 Å². The summed E-state index contributed by atoms with van der Waals surface area (Å²) in [6.07, 6.45) is 2.39. The number of phenolic OH excluding ortho intramolecular Hbond substituents is 1. The highest BCUT2D eigenvalue weighted by Gasteiger charge is 2.03. The van der Waals surface area contributed by atoms with Crippen molar-refractivity contribution in [3.63, 3.8) is 0 Å². The second-order valence-corrected chi connectivity index (χ2v) is 3.16. The van der Waals surface area contributed by atoms with E-state index >= 15 is 0 Å². The highest BCUT2D eigenvalue weighted by atomic mass is 35.5. The average molecular weight is 183 g/mol. The topological polar surface area (TPSA) is 20.2 Å². The minimum Gasteiger partial charge on any atom is -0.507 e. The zero-order valence-electron chi connectivity index (χ0n) is 6.97. The summed E-state index contributed by atoms with van der Waals surface area (Å²) in [6.45, 7) is 5.43. The second kappa shape index (κ2) is 3.63. The van der Waals surface area contributed by atoms with Gasteiger partial charge in [-0.1, -0.05) is 17.7 Å². The van der Waals surface area contributed by atoms with Gasteiger partial charge in [-0.05, 0) is 36.6 Å². The van der Waals surface area contributed by atoms with Crippen LogP contribution in [-0.4, -0.2) is 5.11 Å². The van der Waals surface area contributed by atoms with Crippen molar-refractivity contribution < 1.29 is 5.11 Å². The molecule has 0 amide bonds. The Morgan fingerprint density at radius 1 is 1.58 bits per heavy atom. The quantitative estimate of drug-likeness (QED) is 0.697. The second-order valence-electron chi connectivity index (χ2n) is 2.72. The number of allylic oxidation sites excluding steroid dienone is 1. The first-order chi connectivity index (χ1) is 5.65. The minimum absolute atomic E-state index is 0.319. The molecule has 1 rings (SSSR count). The summed E-state index contributed by atoms with van der Waals surface area (Å²) < 4.78 is 0. The lowest BCUT2D eigenvalue weighted by Crippen LogP contribution is -1.85. The van der Waals surface area contributed by atoms with Crippen LogP contribution in [0.2, 0.25) is 5.02 Å². The molecule has 12 heavy (non-hydrogen) atoms. The van der Waals surface area contributed by atoms with E-state index < -0.39 is 0 Å². The summed E-state index contributed by atoms with van der Waals surface area (Å²) >= 11 is 5.81. The molecular formula is C10H11ClO. The number of aryl methyl sites for hydroxylation is 1. The molecule has 1 aromatic carbocycles. The lowest BCUT2D eigenvalue weighted by Gasteiger charge is -2.05. The van der Waals surface area contributed by atoms with Gasteiger partial charge in [0.15, 0.2) is 0 Å². The largest absolute Gasteiger partial charge is 0.507 e. The lowest BCUT2D eigenvalue weighted by molar-refractivity contribution is 0.465. The SMILES string of the molecule is C=CCc1cc(Cl)cc(C)c1O. The van der Waals surface area contributed by atoms with Gasteiger partial charge in [0.1, 0.15) is 5.75 Å². The van der Waals surface area contributed by atoms with Crippen molar-refractivity contribution in [1.82, 2.24) is 0 Å². The molecule has 0 atom stereocenters. The van der Waals surface area contributed by atoms with Crippen molar-refractivity contribution in [2.24, 2.45) is 0 Å². The van der Waals surface area contributed by atoms with E-state index in [4.69, 9.17) is 11.6 Å². The fraction of sp³-hybridized carbons (Fsp3) is 0.200. The Balaban J connectivity index is 3.17. The molecule has 0 unspecified atom stereocenters. The van der Waals surface area contributed by atoms with Crippen molar-refractivity contribution in [3.8, 4) is 5.75 Å². The van der Waals surface area contributed by atoms with Gasteiger partial charge in [0.25, 0.3) is 0 Å². The number of hydrogen-bond donors (Lipinski definition) is 1. The van der Waals surface area contributed by atoms with Crippen LogP contribution in [0.15, 0.2) is 24.8 Å². The summed E-state index contributed by atoms with van der Waals surface area (Å²) in [6, 6.07) is 3.50. The third-order valence-corrected chi connectivity index (χ3v) is 1.93. The molecule has 0 heterocycles. The van der Waals surface area contributed by atoms with Crippen LogP contribution >= 0.6 is 11.6 Å². The third-order valence-electron chi connectivity index (χ3n) is 1.71. The first-order valence-electron chi connectivity index (χ1n) is 3.74. The maximum Gasteiger partial charge on any atom is 0.122 e. The van der Waals surface area contributed by atoms with Crippen LogP contribution in [0.1, 0.15) is 11.1 Å². The van der Waals surface area contributed by atoms with Gasteiger partial charge in [-0.25, -0.2) is 0 Å². The van der Waals surface area contributed by atoms with Crippen molar-refractivity contribution in [1.29, 1.82) is 0 Å². The van der Waals surface area contributed by atoms with Crippen LogP contribution in [0.5, 0.6) is 5.75 Å². The van der Waals surface area contributed by atoms with Gasteiger partial charge in [-0.15, -0.1) is 6.58 Å². The molecule has 1 nitrogen and oxygen atoms in total. The molecule has 1 N–H and O–H groups in total. The fourth-order valence-electron chi connectivity index (χ4n) is 1.12. The number of rotatable bonds is 2. The van der Waals surface area contributed by atoms with E-state index in [0.717, 1.165) is 11.1 Å². The molecule has 2 heteroatoms. The van der Waals surface area contributed by atoms with Gasteiger partial charge in [0.05, 0.1) is 0 Å². The van der Waals surface area contributed by atoms with Crippen LogP contribution in [0.4, 0.5) is 0 Å². The minimum atomic E-state index is 0.319. The molecule has 64 valence electrons. The highest BCUT2D eigenvalue weighted by Crippen LogP contribution is 2.26. The zero-order valence-corrected chi connectivity index (χ0v) is 7.73.